The number of amides is 8. The van der Waals surface area contributed by atoms with Gasteiger partial charge in [-0.25, -0.2) is 0 Å². The van der Waals surface area contributed by atoms with Crippen LogP contribution in [0.25, 0.3) is 0 Å². The molecule has 11 atom stereocenters. The molecule has 11 unspecified atom stereocenters. The van der Waals surface area contributed by atoms with Gasteiger partial charge < -0.3 is 71.7 Å². The first-order chi connectivity index (χ1) is 44.3. The number of fused-ring (bicyclic) bond motifs is 2. The van der Waals surface area contributed by atoms with Crippen LogP contribution >= 0.6 is 0 Å². The number of aromatic nitrogens is 3. The molecule has 3 aromatic carbocycles. The van der Waals surface area contributed by atoms with E-state index in [-0.39, 0.29) is 113 Å². The van der Waals surface area contributed by atoms with Gasteiger partial charge >= 0.3 is 0 Å². The number of aliphatic hydroxyl groups excluding tert-OH is 1. The fourth-order valence-corrected chi connectivity index (χ4v) is 13.0. The monoisotopic (exact) mass is 1260 g/mol. The number of rotatable bonds is 34. The third-order valence-electron chi connectivity index (χ3n) is 18.0. The van der Waals surface area contributed by atoms with Gasteiger partial charge in [0.1, 0.15) is 30.2 Å². The van der Waals surface area contributed by atoms with Crippen LogP contribution in [-0.4, -0.2) is 199 Å². The molecule has 4 aliphatic heterocycles. The van der Waals surface area contributed by atoms with Crippen LogP contribution in [0.1, 0.15) is 119 Å². The maximum absolute atomic E-state index is 14.9. The molecule has 494 valence electrons. The number of nitrogens with zero attached hydrogens (tertiary/aromatic N) is 5. The Morgan fingerprint density at radius 3 is 1.54 bits per heavy atom. The number of nitrogens with one attached hydrogen (secondary N) is 8. The lowest BCUT2D eigenvalue weighted by Crippen LogP contribution is -2.59. The van der Waals surface area contributed by atoms with E-state index in [1.54, 1.807) is 65.1 Å². The predicted molar refractivity (Wildman–Crippen MR) is 337 cm³/mol. The molecule has 9 N–H and O–H groups in total. The topological polar surface area (TPSA) is 318 Å². The molecule has 0 aliphatic carbocycles. The lowest BCUT2D eigenvalue weighted by atomic mass is 9.92. The van der Waals surface area contributed by atoms with Gasteiger partial charge in [-0.1, -0.05) is 110 Å². The fraction of sp³-hybridized carbons (Fsp3) is 0.576. The first-order valence-electron chi connectivity index (χ1n) is 32.4. The summed E-state index contributed by atoms with van der Waals surface area (Å²) in [6.07, 6.45) is 7.70. The lowest BCUT2D eigenvalue weighted by molar-refractivity contribution is -0.144. The van der Waals surface area contributed by atoms with Crippen molar-refractivity contribution >= 4 is 47.3 Å². The van der Waals surface area contributed by atoms with E-state index < -0.39 is 72.0 Å². The van der Waals surface area contributed by atoms with Gasteiger partial charge in [0.05, 0.1) is 63.5 Å². The van der Waals surface area contributed by atoms with Gasteiger partial charge in [0.15, 0.2) is 0 Å². The van der Waals surface area contributed by atoms with Crippen LogP contribution in [0.2, 0.25) is 0 Å². The number of hydrogen-bond acceptors (Lipinski definition) is 16. The number of likely N-dealkylation sites (N-methyl/N-ethyl adjacent to an activating group) is 2. The molecule has 1 aromatic heterocycles. The molecule has 0 radical (unpaired) electrons. The van der Waals surface area contributed by atoms with E-state index in [0.29, 0.717) is 88.5 Å². The second-order valence-electron chi connectivity index (χ2n) is 23.8. The van der Waals surface area contributed by atoms with Crippen molar-refractivity contribution < 1.29 is 57.7 Å². The third-order valence-corrected chi connectivity index (χ3v) is 18.0. The van der Waals surface area contributed by atoms with Crippen LogP contribution in [0.3, 0.4) is 0 Å². The highest BCUT2D eigenvalue weighted by molar-refractivity contribution is 5.97. The summed E-state index contributed by atoms with van der Waals surface area (Å²) < 4.78 is 18.6. The Balaban J connectivity index is 0.716. The summed E-state index contributed by atoms with van der Waals surface area (Å²) in [5.41, 5.74) is 3.00. The Bertz CT molecular complexity index is 2950. The normalized spacial score (nSPS) is 22.4. The molecule has 4 aromatic rings. The SMILES string of the molecule is CCC(NC)C(=O)NC1C(=O)N2C(CCC1CO)CCC2C(=O)NC(C(=O)NCCOCCOCCOCCNC(=O)CCc1cn(CC2CCC3CCC(C(=O)NC(c4ccccc4)c4ccccc4)N3C(=O)C2NC(=O)C(CC)NC)nn1)c1ccccc1. The van der Waals surface area contributed by atoms with Gasteiger partial charge in [-0.3, -0.25) is 43.0 Å². The van der Waals surface area contributed by atoms with Crippen LogP contribution in [0, 0.1) is 11.8 Å². The Morgan fingerprint density at radius 2 is 1.03 bits per heavy atom. The van der Waals surface area contributed by atoms with Crippen molar-refractivity contribution in [1.82, 2.24) is 67.3 Å². The molecular weight excluding hydrogens is 1170 g/mol. The highest BCUT2D eigenvalue weighted by Crippen LogP contribution is 2.37. The average molecular weight is 1260 g/mol. The second kappa shape index (κ2) is 35.2. The zero-order valence-electron chi connectivity index (χ0n) is 52.9. The quantitative estimate of drug-likeness (QED) is 0.0301. The van der Waals surface area contributed by atoms with E-state index in [2.05, 4.69) is 52.8 Å². The summed E-state index contributed by atoms with van der Waals surface area (Å²) in [7, 11) is 3.37. The smallest absolute Gasteiger partial charge is 0.247 e. The van der Waals surface area contributed by atoms with Gasteiger partial charge in [0.25, 0.3) is 0 Å². The van der Waals surface area contributed by atoms with E-state index >= 15 is 0 Å². The summed E-state index contributed by atoms with van der Waals surface area (Å²) in [6, 6.07) is 21.9. The van der Waals surface area contributed by atoms with E-state index in [4.69, 9.17) is 14.2 Å². The highest BCUT2D eigenvalue weighted by Gasteiger charge is 2.50. The van der Waals surface area contributed by atoms with Gasteiger partial charge in [0.2, 0.25) is 47.3 Å². The van der Waals surface area contributed by atoms with Crippen LogP contribution < -0.4 is 42.5 Å². The minimum atomic E-state index is -1.06. The Labute approximate surface area is 533 Å². The molecule has 25 nitrogen and oxygen atoms in total. The van der Waals surface area contributed by atoms with Crippen molar-refractivity contribution in [3.05, 3.63) is 120 Å². The molecule has 4 saturated heterocycles. The van der Waals surface area contributed by atoms with Crippen LogP contribution in [0.4, 0.5) is 0 Å². The molecule has 8 amide bonds. The number of hydrogen-bond donors (Lipinski definition) is 9. The molecule has 0 saturated carbocycles. The highest BCUT2D eigenvalue weighted by atomic mass is 16.5. The first-order valence-corrected chi connectivity index (χ1v) is 32.4. The van der Waals surface area contributed by atoms with Crippen molar-refractivity contribution in [3.63, 3.8) is 0 Å². The van der Waals surface area contributed by atoms with E-state index in [1.165, 1.54) is 0 Å². The summed E-state index contributed by atoms with van der Waals surface area (Å²) in [6.45, 7) is 5.72. The molecular formula is C66H93N13O12. The van der Waals surface area contributed by atoms with Crippen molar-refractivity contribution in [2.24, 2.45) is 11.8 Å². The summed E-state index contributed by atoms with van der Waals surface area (Å²) >= 11 is 0. The zero-order chi connectivity index (χ0) is 64.7. The maximum Gasteiger partial charge on any atom is 0.247 e. The van der Waals surface area contributed by atoms with Crippen molar-refractivity contribution in [2.75, 3.05) is 73.4 Å². The standard InChI is InChI=1S/C66H93N13O12/c1-5-51(67-3)60(82)73-58-46(22-25-49-27-29-53(78(49)65(58)87)62(84)71-56(43-16-10-7-11-17-43)44-18-12-8-13-19-44)40-77-41-48(75-76-77)24-31-55(81)69-32-34-89-36-38-91-39-37-90-35-33-70-64(86)57(45-20-14-9-15-21-45)72-63(85)54-30-28-50-26-23-47(42-80)59(66(88)79(50)54)74-61(83)52(6-2)68-4/h7-21,41,46-47,49-54,56-59,67-68,80H,5-6,22-40,42H2,1-4H3,(H,69,81)(H,70,86)(H,71,84)(H,72,85)(H,73,82)(H,74,83). The minimum Gasteiger partial charge on any atom is -0.396 e. The number of aliphatic hydroxyl groups is 1. The van der Waals surface area contributed by atoms with Gasteiger partial charge in [-0.05, 0) is 95.0 Å². The molecule has 91 heavy (non-hydrogen) atoms. The van der Waals surface area contributed by atoms with Crippen molar-refractivity contribution in [3.8, 4) is 0 Å². The zero-order valence-corrected chi connectivity index (χ0v) is 52.9. The predicted octanol–water partition coefficient (Wildman–Crippen LogP) is 1.75. The van der Waals surface area contributed by atoms with Crippen molar-refractivity contribution in [1.29, 1.82) is 0 Å². The van der Waals surface area contributed by atoms with Crippen LogP contribution in [0.5, 0.6) is 0 Å². The molecule has 0 spiro atoms. The molecule has 8 rings (SSSR count). The van der Waals surface area contributed by atoms with Crippen LogP contribution in [-0.2, 0) is 65.5 Å². The Hall–Kier alpha value is -7.68. The van der Waals surface area contributed by atoms with Crippen molar-refractivity contribution in [2.45, 2.75) is 158 Å². The molecule has 0 bridgehead atoms. The van der Waals surface area contributed by atoms with Crippen LogP contribution in [0.15, 0.2) is 97.2 Å². The summed E-state index contributed by atoms with van der Waals surface area (Å²) in [4.78, 5) is 114. The number of benzene rings is 3. The number of carbonyl (C=O) groups is 8. The maximum atomic E-state index is 14.9. The van der Waals surface area contributed by atoms with E-state index in [9.17, 15) is 43.5 Å². The van der Waals surface area contributed by atoms with E-state index in [0.717, 1.165) is 11.1 Å². The molecule has 25 heteroatoms. The molecule has 4 fully saturated rings. The first kappa shape index (κ1) is 69.2. The lowest BCUT2D eigenvalue weighted by Gasteiger charge is -2.33. The summed E-state index contributed by atoms with van der Waals surface area (Å²) in [5, 5.41) is 42.8. The minimum absolute atomic E-state index is 0.152. The average Bonchev–Trinajstić information content (AvgIpc) is 1.69. The molecule has 5 heterocycles. The molecule has 4 aliphatic rings. The van der Waals surface area contributed by atoms with E-state index in [1.807, 2.05) is 74.5 Å². The summed E-state index contributed by atoms with van der Waals surface area (Å²) in [5.74, 6) is -3.59. The number of carbonyl (C=O) groups excluding carboxylic acids is 8. The Morgan fingerprint density at radius 1 is 0.571 bits per heavy atom. The number of ether oxygens (including phenoxy) is 3. The Kier molecular flexibility index (Phi) is 26.8. The van der Waals surface area contributed by atoms with Gasteiger partial charge in [0, 0.05) is 69.2 Å². The number of aryl methyl sites for hydroxylation is 1. The van der Waals surface area contributed by atoms with Gasteiger partial charge in [-0.2, -0.15) is 0 Å². The largest absolute Gasteiger partial charge is 0.396 e. The van der Waals surface area contributed by atoms with Gasteiger partial charge in [-0.15, -0.1) is 5.10 Å². The third kappa shape index (κ3) is 18.7. The second-order valence-corrected chi connectivity index (χ2v) is 23.8. The fourth-order valence-electron chi connectivity index (χ4n) is 13.0.